The van der Waals surface area contributed by atoms with Crippen LogP contribution in [0.25, 0.3) is 44.5 Å². The van der Waals surface area contributed by atoms with Gasteiger partial charge in [0.05, 0.1) is 136 Å². The number of hydrogen-bond acceptors (Lipinski definition) is 22. The minimum absolute atomic E-state index is 0. The van der Waals surface area contributed by atoms with Gasteiger partial charge >= 0.3 is 24.1 Å². The summed E-state index contributed by atoms with van der Waals surface area (Å²) in [4.78, 5) is 56.7. The van der Waals surface area contributed by atoms with E-state index < -0.39 is 64.8 Å². The van der Waals surface area contributed by atoms with E-state index in [1.165, 1.54) is 80.4 Å². The fraction of sp³-hybridized carbons (Fsp3) is 0.237. The molecule has 27 heteroatoms. The molecule has 3 aromatic heterocycles. The van der Waals surface area contributed by atoms with Crippen LogP contribution in [0.3, 0.4) is 0 Å². The number of ether oxygens (including phenoxy) is 10. The van der Waals surface area contributed by atoms with Gasteiger partial charge in [-0.05, 0) is 175 Å². The lowest BCUT2D eigenvalue weighted by atomic mass is 9.90. The van der Waals surface area contributed by atoms with E-state index in [-0.39, 0.29) is 101 Å². The standard InChI is InChI=1S/C22H17FN2O3.C21H15FN2O3.C17H14FNO4.C15H12FNO2.C14H19NO4.4CH4/c1-27-19-9-7-17(11-15-6-8-18(25-13-15)22(26)28-2)21(23)20(19)16-5-3-4-14(10-16)12-24;1-27-18-8-6-16(10-14-5-7-17(21(25)26)24-12-14)20(22)19(18)15-4-2-3-13(9-15)11-23;1-21-14-7-6-13(10-23-17(20)22-2)16(18)15(14)12-5-3-4-11(8-12)9-19;1-19-13-6-5-12(9-18)15(16)14(13)11-4-2-3-10(7-11)8-17;1-13(2)14(3,4)19-12(18-13)9-6-7-10(15-8-9)11(16)17-5;;;;/h3-10,13H,11H2,1-2H3;2-9,12H,10H2,1H3,(H,25,26);3-8H,10H2,1-2H3;2-7,18H,9H2,1H3;6-8,12H,1-5H3;4*1H4. The van der Waals surface area contributed by atoms with Crippen LogP contribution in [0.2, 0.25) is 0 Å². The molecule has 0 spiro atoms. The number of carboxylic acid groups (broad SMARTS) is 1. The number of halogens is 4. The second-order valence-electron chi connectivity index (χ2n) is 25.9. The van der Waals surface area contributed by atoms with Crippen LogP contribution in [0.1, 0.15) is 156 Å². The molecule has 0 radical (unpaired) electrons. The summed E-state index contributed by atoms with van der Waals surface area (Å²) in [6.07, 6.45) is 3.68. The van der Waals surface area contributed by atoms with Crippen LogP contribution < -0.4 is 18.9 Å². The number of carbonyl (C=O) groups excluding carboxylic acids is 3. The molecule has 0 bridgehead atoms. The third kappa shape index (κ3) is 24.4. The Balaban J connectivity index is 0.000000315. The zero-order chi connectivity index (χ0) is 84.4. The van der Waals surface area contributed by atoms with Crippen molar-refractivity contribution >= 4 is 24.1 Å². The van der Waals surface area contributed by atoms with Crippen molar-refractivity contribution in [2.45, 2.75) is 101 Å². The topological polar surface area (TPSA) is 335 Å². The van der Waals surface area contributed by atoms with E-state index in [4.69, 9.17) is 64.4 Å². The Bertz CT molecular complexity index is 5530. The number of nitrogens with zero attached hydrogens (tertiary/aromatic N) is 7. The van der Waals surface area contributed by atoms with E-state index in [2.05, 4.69) is 35.2 Å². The number of carboxylic acids is 1. The highest BCUT2D eigenvalue weighted by atomic mass is 19.1. The first-order valence-electron chi connectivity index (χ1n) is 35.0. The maximum atomic E-state index is 15.3. The minimum atomic E-state index is -1.11. The molecule has 23 nitrogen and oxygen atoms in total. The third-order valence-corrected chi connectivity index (χ3v) is 18.2. The zero-order valence-corrected chi connectivity index (χ0v) is 64.7. The molecule has 8 aromatic carbocycles. The van der Waals surface area contributed by atoms with E-state index in [0.717, 1.165) is 11.1 Å². The summed E-state index contributed by atoms with van der Waals surface area (Å²) in [5, 5.41) is 54.1. The molecule has 2 N–H and O–H groups in total. The number of hydrogen-bond donors (Lipinski definition) is 2. The summed E-state index contributed by atoms with van der Waals surface area (Å²) < 4.78 is 111. The summed E-state index contributed by atoms with van der Waals surface area (Å²) in [6, 6.07) is 57.0. The smallest absolute Gasteiger partial charge is 0.496 e. The van der Waals surface area contributed by atoms with Gasteiger partial charge < -0.3 is 57.6 Å². The lowest BCUT2D eigenvalue weighted by Crippen LogP contribution is -2.41. The Hall–Kier alpha value is -14.4. The molecule has 120 heavy (non-hydrogen) atoms. The second kappa shape index (κ2) is 45.8. The molecule has 11 aromatic rings. The molecule has 1 saturated heterocycles. The molecule has 0 unspecified atom stereocenters. The molecule has 0 atom stereocenters. The van der Waals surface area contributed by atoms with Gasteiger partial charge in [-0.25, -0.2) is 51.7 Å². The molecule has 12 rings (SSSR count). The van der Waals surface area contributed by atoms with Gasteiger partial charge in [0.15, 0.2) is 6.29 Å². The van der Waals surface area contributed by atoms with Crippen LogP contribution in [0.15, 0.2) is 201 Å². The molecule has 624 valence electrons. The second-order valence-corrected chi connectivity index (χ2v) is 25.9. The Morgan fingerprint density at radius 2 is 0.733 bits per heavy atom. The normalized spacial score (nSPS) is 11.5. The quantitative estimate of drug-likeness (QED) is 0.0431. The van der Waals surface area contributed by atoms with Crippen LogP contribution >= 0.6 is 0 Å². The number of benzene rings is 8. The fourth-order valence-corrected chi connectivity index (χ4v) is 11.4. The van der Waals surface area contributed by atoms with Gasteiger partial charge in [-0.2, -0.15) is 21.0 Å². The Labute approximate surface area is 695 Å². The van der Waals surface area contributed by atoms with Crippen molar-refractivity contribution < 1.29 is 94.3 Å². The van der Waals surface area contributed by atoms with Crippen LogP contribution in [0, 0.1) is 68.6 Å². The van der Waals surface area contributed by atoms with Crippen molar-refractivity contribution in [3.63, 3.8) is 0 Å². The number of methoxy groups -OCH3 is 7. The molecule has 4 heterocycles. The van der Waals surface area contributed by atoms with E-state index in [9.17, 15) is 28.0 Å². The number of nitriles is 4. The van der Waals surface area contributed by atoms with Gasteiger partial charge in [-0.3, -0.25) is 0 Å². The summed E-state index contributed by atoms with van der Waals surface area (Å²) in [5.41, 5.74) is 7.95. The SMILES string of the molecule is C.C.C.C.COC(=O)OCc1ccc(OC)c(-c2cccc(C#N)c2)c1F.COC(=O)c1ccc(C2OC(C)(C)C(C)(C)O2)cn1.COC(=O)c1ccc(Cc2ccc(OC)c(-c3cccc(C#N)c3)c2F)cn1.COc1ccc(CO)c(F)c1-c1cccc(C#N)c1.COc1ccc(Cc2ccc(C(=O)O)nc2)c(F)c1-c1cccc(C#N)c1. The number of aromatic carboxylic acids is 1. The lowest BCUT2D eigenvalue weighted by molar-refractivity contribution is -0.0897. The maximum absolute atomic E-state index is 15.3. The van der Waals surface area contributed by atoms with Gasteiger partial charge in [0, 0.05) is 48.1 Å². The van der Waals surface area contributed by atoms with E-state index in [0.29, 0.717) is 89.8 Å². The van der Waals surface area contributed by atoms with Crippen LogP contribution in [0.5, 0.6) is 23.0 Å². The number of esters is 2. The van der Waals surface area contributed by atoms with E-state index in [1.54, 1.807) is 170 Å². The van der Waals surface area contributed by atoms with Crippen molar-refractivity contribution in [2.24, 2.45) is 0 Å². The average molecular weight is 1640 g/mol. The number of rotatable bonds is 19. The van der Waals surface area contributed by atoms with Gasteiger partial charge in [0.2, 0.25) is 0 Å². The van der Waals surface area contributed by atoms with Crippen LogP contribution in [0.4, 0.5) is 22.4 Å². The third-order valence-electron chi connectivity index (χ3n) is 18.2. The highest BCUT2D eigenvalue weighted by Crippen LogP contribution is 2.45. The van der Waals surface area contributed by atoms with Crippen molar-refractivity contribution in [1.82, 2.24) is 15.0 Å². The first-order chi connectivity index (χ1) is 55.7. The fourth-order valence-electron chi connectivity index (χ4n) is 11.4. The average Bonchev–Trinajstić information content (AvgIpc) is 1.71. The number of aromatic nitrogens is 3. The first-order valence-corrected chi connectivity index (χ1v) is 35.0. The van der Waals surface area contributed by atoms with Gasteiger partial charge in [-0.15, -0.1) is 0 Å². The minimum Gasteiger partial charge on any atom is -0.496 e. The van der Waals surface area contributed by atoms with Crippen molar-refractivity contribution in [2.75, 3.05) is 49.8 Å². The first kappa shape index (κ1) is 98.0. The molecule has 0 aliphatic carbocycles. The molecule has 0 amide bonds. The van der Waals surface area contributed by atoms with Crippen molar-refractivity contribution in [3.05, 3.63) is 302 Å². The van der Waals surface area contributed by atoms with Gasteiger partial charge in [0.1, 0.15) is 70.0 Å². The number of aliphatic hydroxyl groups is 1. The van der Waals surface area contributed by atoms with Gasteiger partial charge in [-0.1, -0.05) is 109 Å². The Kier molecular flexibility index (Phi) is 37.4. The van der Waals surface area contributed by atoms with Gasteiger partial charge in [0.25, 0.3) is 0 Å². The van der Waals surface area contributed by atoms with E-state index in [1.807, 2.05) is 45.9 Å². The highest BCUT2D eigenvalue weighted by molar-refractivity contribution is 5.88. The predicted molar refractivity (Wildman–Crippen MR) is 443 cm³/mol. The molecule has 1 aliphatic rings. The van der Waals surface area contributed by atoms with Crippen molar-refractivity contribution in [1.29, 1.82) is 21.0 Å². The molecule has 0 saturated carbocycles. The largest absolute Gasteiger partial charge is 0.508 e. The Morgan fingerprint density at radius 1 is 0.417 bits per heavy atom. The van der Waals surface area contributed by atoms with Crippen LogP contribution in [-0.2, 0) is 54.5 Å². The number of aliphatic hydroxyl groups excluding tert-OH is 1. The molecule has 1 aliphatic heterocycles. The molecular formula is C93H93F4N7O16. The monoisotopic (exact) mass is 1640 g/mol. The highest BCUT2D eigenvalue weighted by Gasteiger charge is 2.49. The summed E-state index contributed by atoms with van der Waals surface area (Å²) in [5.74, 6) is -2.65. The number of pyridine rings is 3. The van der Waals surface area contributed by atoms with E-state index >= 15 is 8.78 Å². The van der Waals surface area contributed by atoms with Crippen LogP contribution in [-0.4, -0.2) is 110 Å². The maximum Gasteiger partial charge on any atom is 0.508 e. The Morgan fingerprint density at radius 3 is 1.02 bits per heavy atom. The van der Waals surface area contributed by atoms with Crippen molar-refractivity contribution in [3.8, 4) is 91.8 Å². The summed E-state index contributed by atoms with van der Waals surface area (Å²) >= 11 is 0. The summed E-state index contributed by atoms with van der Waals surface area (Å²) in [7, 11) is 9.59. The zero-order valence-electron chi connectivity index (χ0n) is 64.7. The number of carbonyl (C=O) groups is 4. The lowest BCUT2D eigenvalue weighted by Gasteiger charge is -2.30. The summed E-state index contributed by atoms with van der Waals surface area (Å²) in [6.45, 7) is 7.30. The molecule has 1 fully saturated rings. The molecular weight excluding hydrogens is 1550 g/mol. The predicted octanol–water partition coefficient (Wildman–Crippen LogP) is 19.7.